The highest BCUT2D eigenvalue weighted by atomic mass is 79.9. The van der Waals surface area contributed by atoms with Gasteiger partial charge in [0.05, 0.1) is 4.47 Å². The van der Waals surface area contributed by atoms with Crippen LogP contribution in [0.15, 0.2) is 16.9 Å². The Morgan fingerprint density at radius 3 is 2.07 bits per heavy atom. The molecule has 0 saturated heterocycles. The van der Waals surface area contributed by atoms with Gasteiger partial charge in [-0.05, 0) is 15.9 Å². The van der Waals surface area contributed by atoms with Gasteiger partial charge in [-0.15, -0.1) is 0 Å². The summed E-state index contributed by atoms with van der Waals surface area (Å²) in [7, 11) is -0.611. The van der Waals surface area contributed by atoms with Crippen LogP contribution in [0.5, 0.6) is 0 Å². The van der Waals surface area contributed by atoms with Gasteiger partial charge in [0.25, 0.3) is 0 Å². The summed E-state index contributed by atoms with van der Waals surface area (Å²) in [5.74, 6) is -1.31. The molecule has 0 radical (unpaired) electrons. The molecule has 0 unspecified atom stereocenters. The lowest BCUT2D eigenvalue weighted by Crippen LogP contribution is -2.02. The van der Waals surface area contributed by atoms with E-state index in [1.54, 1.807) is 12.5 Å². The Kier molecular flexibility index (Phi) is 6.22. The minimum absolute atomic E-state index is 0.191. The Bertz CT molecular complexity index is 324. The fourth-order valence-corrected chi connectivity index (χ4v) is 0.627. The number of hydrogen-bond acceptors (Lipinski definition) is 4. The molecule has 0 aliphatic rings. The Morgan fingerprint density at radius 1 is 1.43 bits per heavy atom. The number of halogens is 1. The average molecular weight is 281 g/mol. The molecule has 1 N–H and O–H groups in total. The monoisotopic (exact) mass is 280 g/mol. The van der Waals surface area contributed by atoms with Crippen LogP contribution in [0.1, 0.15) is 10.6 Å². The first kappa shape index (κ1) is 13.2. The summed E-state index contributed by atoms with van der Waals surface area (Å²) in [5.41, 5.74) is 0. The second-order valence-corrected chi connectivity index (χ2v) is 4.67. The highest BCUT2D eigenvalue weighted by Crippen LogP contribution is 2.03. The molecular weight excluding hydrogens is 272 g/mol. The second-order valence-electron chi connectivity index (χ2n) is 2.27. The molecule has 14 heavy (non-hydrogen) atoms. The van der Waals surface area contributed by atoms with E-state index in [9.17, 15) is 9.00 Å². The fourth-order valence-electron chi connectivity index (χ4n) is 0.423. The lowest BCUT2D eigenvalue weighted by atomic mass is 10.6. The third kappa shape index (κ3) is 6.67. The molecule has 0 spiro atoms. The molecule has 0 aromatic carbocycles. The summed E-state index contributed by atoms with van der Waals surface area (Å²) in [5, 5.41) is 8.34. The molecule has 0 bridgehead atoms. The van der Waals surface area contributed by atoms with E-state index in [0.717, 1.165) is 0 Å². The third-order valence-corrected chi connectivity index (χ3v) is 1.22. The van der Waals surface area contributed by atoms with Crippen molar-refractivity contribution in [3.8, 4) is 0 Å². The number of aromatic carboxylic acids is 1. The van der Waals surface area contributed by atoms with Gasteiger partial charge < -0.3 is 5.11 Å². The molecule has 0 amide bonds. The van der Waals surface area contributed by atoms with Crippen molar-refractivity contribution in [1.82, 2.24) is 9.97 Å². The van der Waals surface area contributed by atoms with E-state index in [2.05, 4.69) is 25.9 Å². The highest BCUT2D eigenvalue weighted by Gasteiger charge is 2.03. The SMILES string of the molecule is CS(C)=O.O=C(O)c1ncc(Br)cn1. The van der Waals surface area contributed by atoms with Gasteiger partial charge in [-0.2, -0.15) is 0 Å². The van der Waals surface area contributed by atoms with Crippen molar-refractivity contribution in [2.24, 2.45) is 0 Å². The van der Waals surface area contributed by atoms with E-state index in [1.165, 1.54) is 12.4 Å². The number of carboxylic acids is 1. The van der Waals surface area contributed by atoms with Crippen molar-refractivity contribution < 1.29 is 14.1 Å². The van der Waals surface area contributed by atoms with Crippen LogP contribution in [0.2, 0.25) is 0 Å². The third-order valence-electron chi connectivity index (χ3n) is 0.812. The molecule has 7 heteroatoms. The summed E-state index contributed by atoms with van der Waals surface area (Å²) in [4.78, 5) is 17.2. The van der Waals surface area contributed by atoms with Crippen molar-refractivity contribution in [1.29, 1.82) is 0 Å². The predicted molar refractivity (Wildman–Crippen MR) is 56.7 cm³/mol. The highest BCUT2D eigenvalue weighted by molar-refractivity contribution is 9.10. The Labute approximate surface area is 92.2 Å². The number of carboxylic acid groups (broad SMARTS) is 1. The number of hydrogen-bond donors (Lipinski definition) is 1. The number of rotatable bonds is 1. The summed E-state index contributed by atoms with van der Waals surface area (Å²) < 4.78 is 10.2. The van der Waals surface area contributed by atoms with Crippen molar-refractivity contribution in [2.75, 3.05) is 12.5 Å². The van der Waals surface area contributed by atoms with E-state index < -0.39 is 16.8 Å². The molecule has 0 aliphatic carbocycles. The Balaban J connectivity index is 0.000000364. The normalized spacial score (nSPS) is 9.14. The van der Waals surface area contributed by atoms with Gasteiger partial charge in [-0.1, -0.05) is 0 Å². The lowest BCUT2D eigenvalue weighted by molar-refractivity contribution is 0.0683. The molecule has 5 nitrogen and oxygen atoms in total. The minimum Gasteiger partial charge on any atom is -0.475 e. The van der Waals surface area contributed by atoms with Crippen LogP contribution in [0.3, 0.4) is 0 Å². The van der Waals surface area contributed by atoms with E-state index >= 15 is 0 Å². The first-order chi connectivity index (χ1) is 6.43. The first-order valence-electron chi connectivity index (χ1n) is 3.39. The van der Waals surface area contributed by atoms with E-state index in [1.807, 2.05) is 0 Å². The lowest BCUT2D eigenvalue weighted by Gasteiger charge is -1.89. The van der Waals surface area contributed by atoms with Crippen molar-refractivity contribution in [2.45, 2.75) is 0 Å². The fraction of sp³-hybridized carbons (Fsp3) is 0.286. The van der Waals surface area contributed by atoms with Crippen molar-refractivity contribution >= 4 is 32.7 Å². The Morgan fingerprint density at radius 2 is 1.79 bits per heavy atom. The van der Waals surface area contributed by atoms with Crippen molar-refractivity contribution in [3.63, 3.8) is 0 Å². The molecule has 1 aromatic rings. The van der Waals surface area contributed by atoms with Crippen LogP contribution < -0.4 is 0 Å². The van der Waals surface area contributed by atoms with Crippen LogP contribution in [0.4, 0.5) is 0 Å². The van der Waals surface area contributed by atoms with Gasteiger partial charge in [0.2, 0.25) is 5.82 Å². The van der Waals surface area contributed by atoms with Gasteiger partial charge in [-0.3, -0.25) is 4.21 Å². The zero-order valence-corrected chi connectivity index (χ0v) is 10.0. The number of aromatic nitrogens is 2. The topological polar surface area (TPSA) is 80.2 Å². The maximum absolute atomic E-state index is 10.2. The maximum Gasteiger partial charge on any atom is 0.373 e. The zero-order valence-electron chi connectivity index (χ0n) is 7.60. The van der Waals surface area contributed by atoms with Gasteiger partial charge >= 0.3 is 5.97 Å². The quantitative estimate of drug-likeness (QED) is 0.828. The largest absolute Gasteiger partial charge is 0.475 e. The van der Waals surface area contributed by atoms with E-state index in [4.69, 9.17) is 5.11 Å². The summed E-state index contributed by atoms with van der Waals surface area (Å²) in [6, 6.07) is 0. The van der Waals surface area contributed by atoms with E-state index in [-0.39, 0.29) is 5.82 Å². The average Bonchev–Trinajstić information content (AvgIpc) is 2.03. The maximum atomic E-state index is 10.2. The zero-order chi connectivity index (χ0) is 11.1. The molecule has 1 aromatic heterocycles. The van der Waals surface area contributed by atoms with Crippen LogP contribution >= 0.6 is 15.9 Å². The predicted octanol–water partition coefficient (Wildman–Crippen LogP) is 0.932. The van der Waals surface area contributed by atoms with Gasteiger partial charge in [0.15, 0.2) is 0 Å². The Hall–Kier alpha value is -0.820. The molecule has 0 fully saturated rings. The first-order valence-corrected chi connectivity index (χ1v) is 6.15. The summed E-state index contributed by atoms with van der Waals surface area (Å²) >= 11 is 3.08. The second kappa shape index (κ2) is 6.61. The molecule has 0 aliphatic heterocycles. The van der Waals surface area contributed by atoms with Gasteiger partial charge in [-0.25, -0.2) is 14.8 Å². The number of carbonyl (C=O) groups is 1. The smallest absolute Gasteiger partial charge is 0.373 e. The molecule has 1 rings (SSSR count). The molecule has 0 atom stereocenters. The molecule has 0 saturated carbocycles. The minimum atomic E-state index is -1.12. The van der Waals surface area contributed by atoms with Gasteiger partial charge in [0.1, 0.15) is 0 Å². The molecular formula is C7H9BrN2O3S. The van der Waals surface area contributed by atoms with Crippen LogP contribution in [-0.2, 0) is 10.8 Å². The standard InChI is InChI=1S/C5H3BrN2O2.C2H6OS/c6-3-1-7-4(5(9)10)8-2-3;1-4(2)3/h1-2H,(H,9,10);1-2H3. The summed E-state index contributed by atoms with van der Waals surface area (Å²) in [6.07, 6.45) is 6.05. The van der Waals surface area contributed by atoms with Crippen LogP contribution in [0.25, 0.3) is 0 Å². The van der Waals surface area contributed by atoms with E-state index in [0.29, 0.717) is 4.47 Å². The van der Waals surface area contributed by atoms with Crippen LogP contribution in [-0.4, -0.2) is 37.8 Å². The molecule has 1 heterocycles. The van der Waals surface area contributed by atoms with Gasteiger partial charge in [0, 0.05) is 35.7 Å². The summed E-state index contributed by atoms with van der Waals surface area (Å²) in [6.45, 7) is 0. The number of nitrogens with zero attached hydrogens (tertiary/aromatic N) is 2. The van der Waals surface area contributed by atoms with Crippen molar-refractivity contribution in [3.05, 3.63) is 22.7 Å². The molecule has 78 valence electrons. The van der Waals surface area contributed by atoms with Crippen LogP contribution in [0, 0.1) is 0 Å².